The first-order chi connectivity index (χ1) is 35.1. The molecule has 2 aliphatic rings. The first-order valence-electron chi connectivity index (χ1n) is 22.9. The van der Waals surface area contributed by atoms with E-state index >= 15 is 0 Å². The molecule has 2 heterocycles. The highest BCUT2D eigenvalue weighted by Gasteiger charge is 2.47. The fourth-order valence-corrected chi connectivity index (χ4v) is 10.0. The molecule has 6 aromatic carbocycles. The molecule has 3 unspecified atom stereocenters. The molecule has 0 spiro atoms. The summed E-state index contributed by atoms with van der Waals surface area (Å²) in [6, 6.07) is 20.2. The second-order valence-electron chi connectivity index (χ2n) is 17.1. The molecule has 3 atom stereocenters. The summed E-state index contributed by atoms with van der Waals surface area (Å²) in [5.74, 6) is -4.74. The Balaban J connectivity index is 0.997. The molecule has 0 saturated heterocycles. The summed E-state index contributed by atoms with van der Waals surface area (Å²) in [5.41, 5.74) is -2.59. The monoisotopic (exact) mass is 1070 g/mol. The van der Waals surface area contributed by atoms with Crippen LogP contribution in [0.5, 0.6) is 23.0 Å². The molecule has 0 aromatic heterocycles. The average molecular weight is 1070 g/mol. The maximum absolute atomic E-state index is 14.3. The lowest BCUT2D eigenvalue weighted by Crippen LogP contribution is -2.37. The molecule has 390 valence electrons. The minimum Gasteiger partial charge on any atom is -0.493 e. The van der Waals surface area contributed by atoms with Gasteiger partial charge in [0.15, 0.2) is 25.7 Å². The normalized spacial score (nSPS) is 16.3. The molecule has 22 heteroatoms. The van der Waals surface area contributed by atoms with Crippen LogP contribution in [0, 0.1) is 0 Å². The van der Waals surface area contributed by atoms with Crippen molar-refractivity contribution in [1.82, 2.24) is 0 Å². The van der Waals surface area contributed by atoms with Crippen LogP contribution in [0.1, 0.15) is 89.0 Å². The van der Waals surface area contributed by atoms with Crippen LogP contribution in [-0.2, 0) is 26.2 Å². The summed E-state index contributed by atoms with van der Waals surface area (Å²) in [6.07, 6.45) is -14.0. The molecule has 8 rings (SSSR count). The largest absolute Gasteiger partial charge is 0.493 e. The lowest BCUT2D eigenvalue weighted by Gasteiger charge is -2.30. The van der Waals surface area contributed by atoms with E-state index in [-0.39, 0.29) is 114 Å². The molecular formula is C52H44Cl2F6N2O12. The predicted octanol–water partition coefficient (Wildman–Crippen LogP) is 11.2. The van der Waals surface area contributed by atoms with E-state index in [2.05, 4.69) is 0 Å². The van der Waals surface area contributed by atoms with Gasteiger partial charge in [-0.05, 0) is 55.7 Å². The summed E-state index contributed by atoms with van der Waals surface area (Å²) >= 11 is 13.5. The second-order valence-corrected chi connectivity index (χ2v) is 17.9. The topological polar surface area (TPSA) is 182 Å². The minimum absolute atomic E-state index is 0.00426. The van der Waals surface area contributed by atoms with Crippen LogP contribution in [-0.4, -0.2) is 84.5 Å². The van der Waals surface area contributed by atoms with Gasteiger partial charge in [0.25, 0.3) is 11.8 Å². The van der Waals surface area contributed by atoms with Crippen molar-refractivity contribution in [2.24, 2.45) is 0 Å². The van der Waals surface area contributed by atoms with Gasteiger partial charge in [-0.1, -0.05) is 90.8 Å². The van der Waals surface area contributed by atoms with Gasteiger partial charge in [0, 0.05) is 28.0 Å². The summed E-state index contributed by atoms with van der Waals surface area (Å²) in [7, 11) is 0. The number of ether oxygens (including phenoxy) is 5. The van der Waals surface area contributed by atoms with Crippen LogP contribution in [0.4, 0.5) is 37.7 Å². The van der Waals surface area contributed by atoms with Crippen LogP contribution < -0.4 is 28.7 Å². The number of esters is 1. The summed E-state index contributed by atoms with van der Waals surface area (Å²) in [6.45, 7) is 1.07. The van der Waals surface area contributed by atoms with Crippen molar-refractivity contribution in [3.05, 3.63) is 128 Å². The Morgan fingerprint density at radius 1 is 0.622 bits per heavy atom. The van der Waals surface area contributed by atoms with E-state index in [1.165, 1.54) is 54.6 Å². The van der Waals surface area contributed by atoms with Crippen molar-refractivity contribution in [2.75, 3.05) is 42.8 Å². The third kappa shape index (κ3) is 9.78. The summed E-state index contributed by atoms with van der Waals surface area (Å²) < 4.78 is 108. The van der Waals surface area contributed by atoms with Gasteiger partial charge in [-0.3, -0.25) is 29.0 Å². The Labute approximate surface area is 427 Å². The molecule has 0 bridgehead atoms. The molecule has 0 aliphatic carbocycles. The van der Waals surface area contributed by atoms with E-state index in [1.807, 2.05) is 0 Å². The van der Waals surface area contributed by atoms with Crippen LogP contribution in [0.15, 0.2) is 84.9 Å². The van der Waals surface area contributed by atoms with E-state index in [1.54, 1.807) is 51.1 Å². The van der Waals surface area contributed by atoms with E-state index in [0.717, 1.165) is 9.80 Å². The number of amides is 2. The fraction of sp³-hybridized carbons (Fsp3) is 0.308. The number of carbonyl (C=O) groups excluding carboxylic acids is 3. The Morgan fingerprint density at radius 2 is 1.05 bits per heavy atom. The van der Waals surface area contributed by atoms with Crippen LogP contribution in [0.2, 0.25) is 10.0 Å². The number of aliphatic carboxylic acids is 1. The highest BCUT2D eigenvalue weighted by molar-refractivity contribution is 6.35. The van der Waals surface area contributed by atoms with Crippen molar-refractivity contribution in [3.8, 4) is 23.0 Å². The molecule has 3 N–H and O–H groups in total. The number of fused-ring (bicyclic) bond motifs is 4. The average Bonchev–Trinajstić information content (AvgIpc) is 3.75. The number of aliphatic hydroxyl groups excluding tert-OH is 2. The van der Waals surface area contributed by atoms with Gasteiger partial charge >= 0.3 is 24.3 Å². The Bertz CT molecular complexity index is 3230. The molecule has 6 aromatic rings. The number of nitrogens with zero attached hydrogens (tertiary/aromatic N) is 2. The van der Waals surface area contributed by atoms with Crippen molar-refractivity contribution in [3.63, 3.8) is 0 Å². The van der Waals surface area contributed by atoms with Crippen LogP contribution in [0.3, 0.4) is 0 Å². The van der Waals surface area contributed by atoms with Crippen molar-refractivity contribution in [1.29, 1.82) is 0 Å². The third-order valence-electron chi connectivity index (χ3n) is 12.7. The van der Waals surface area contributed by atoms with E-state index in [0.29, 0.717) is 0 Å². The van der Waals surface area contributed by atoms with Crippen molar-refractivity contribution in [2.45, 2.75) is 70.3 Å². The molecule has 0 saturated carbocycles. The fourth-order valence-electron chi connectivity index (χ4n) is 9.44. The Kier molecular flexibility index (Phi) is 14.9. The smallest absolute Gasteiger partial charge is 0.422 e. The Morgan fingerprint density at radius 3 is 1.50 bits per heavy atom. The van der Waals surface area contributed by atoms with Gasteiger partial charge in [-0.2, -0.15) is 26.3 Å². The molecule has 0 fully saturated rings. The summed E-state index contributed by atoms with van der Waals surface area (Å²) in [4.78, 5) is 56.5. The van der Waals surface area contributed by atoms with E-state index in [4.69, 9.17) is 46.9 Å². The zero-order chi connectivity index (χ0) is 53.6. The van der Waals surface area contributed by atoms with Crippen molar-refractivity contribution >= 4 is 79.9 Å². The number of alkyl halides is 6. The highest BCUT2D eigenvalue weighted by Crippen LogP contribution is 2.53. The second kappa shape index (κ2) is 20.7. The number of carboxylic acid groups (broad SMARTS) is 1. The number of carboxylic acids is 1. The lowest BCUT2D eigenvalue weighted by atomic mass is 9.75. The number of hydrogen-bond acceptors (Lipinski definition) is 11. The van der Waals surface area contributed by atoms with Gasteiger partial charge in [-0.25, -0.2) is 0 Å². The SMILES string of the molecule is CCOc1c2c(c(OCC(F)(F)F)c3ccccc13)C(O)N(c1ccc(C(CC)(CCOC(=O)Cc3ccc(N4C(=O)c5c(c(OCC)c6ccccc6c5OCC(F)(F)F)C4O)c(Cl)c3)C(=O)O)cc1Cl)C2=O. The van der Waals surface area contributed by atoms with Gasteiger partial charge in [0.05, 0.1) is 75.3 Å². The first-order valence-corrected chi connectivity index (χ1v) is 23.6. The van der Waals surface area contributed by atoms with Gasteiger partial charge in [-0.15, -0.1) is 0 Å². The zero-order valence-electron chi connectivity index (χ0n) is 39.3. The zero-order valence-corrected chi connectivity index (χ0v) is 40.8. The maximum atomic E-state index is 14.3. The van der Waals surface area contributed by atoms with Gasteiger partial charge in [0.1, 0.15) is 23.0 Å². The van der Waals surface area contributed by atoms with Crippen LogP contribution in [0.25, 0.3) is 21.5 Å². The number of rotatable bonds is 18. The molecular weight excluding hydrogens is 1030 g/mol. The van der Waals surface area contributed by atoms with Crippen LogP contribution >= 0.6 is 23.2 Å². The minimum atomic E-state index is -4.78. The Hall–Kier alpha value is -7.00. The number of halogens is 8. The number of benzene rings is 6. The van der Waals surface area contributed by atoms with Gasteiger partial charge in [0.2, 0.25) is 0 Å². The van der Waals surface area contributed by atoms with Gasteiger partial charge < -0.3 is 39.0 Å². The standard InChI is InChI=1S/C52H44Cl2F6N2O12/c1-4-50(49(68)69,27-16-18-35(33(54)23-27)62-46(65)38-40(48(62)67)44(74-25-52(58,59)60)31-14-10-8-12-29(31)42(38)71-6-3)19-20-72-36(63)22-26-15-17-34(32(53)21-26)61-45(64)37-39(47(61)66)43(73-24-51(55,56)57)30-13-9-7-11-28(30)41(37)70-5-2/h7-18,21,23,45,48,64,67H,4-6,19-20,22,24-25H2,1-3H3,(H,68,69). The van der Waals surface area contributed by atoms with Crippen molar-refractivity contribution < 1.29 is 84.5 Å². The number of hydrogen-bond donors (Lipinski definition) is 3. The quantitative estimate of drug-likeness (QED) is 0.0548. The predicted molar refractivity (Wildman–Crippen MR) is 259 cm³/mol. The highest BCUT2D eigenvalue weighted by atomic mass is 35.5. The molecule has 74 heavy (non-hydrogen) atoms. The summed E-state index contributed by atoms with van der Waals surface area (Å²) in [5, 5.41) is 34.5. The molecule has 2 amide bonds. The molecule has 0 radical (unpaired) electrons. The first kappa shape index (κ1) is 53.3. The van der Waals surface area contributed by atoms with E-state index in [9.17, 15) is 60.8 Å². The molecule has 2 aliphatic heterocycles. The third-order valence-corrected chi connectivity index (χ3v) is 13.3. The van der Waals surface area contributed by atoms with E-state index < -0.39 is 91.7 Å². The number of anilines is 2. The maximum Gasteiger partial charge on any atom is 0.422 e. The lowest BCUT2D eigenvalue weighted by molar-refractivity contribution is -0.154. The number of aliphatic hydroxyl groups is 2. The number of carbonyl (C=O) groups is 4. The molecule has 14 nitrogen and oxygen atoms in total.